The lowest BCUT2D eigenvalue weighted by atomic mass is 9.93. The minimum Gasteiger partial charge on any atom is -0.480 e. The fourth-order valence-corrected chi connectivity index (χ4v) is 2.71. The van der Waals surface area contributed by atoms with Crippen molar-refractivity contribution in [3.63, 3.8) is 0 Å². The summed E-state index contributed by atoms with van der Waals surface area (Å²) in [6, 6.07) is -0.553. The van der Waals surface area contributed by atoms with Crippen molar-refractivity contribution in [2.75, 3.05) is 5.32 Å². The van der Waals surface area contributed by atoms with Crippen LogP contribution in [-0.4, -0.2) is 27.6 Å². The number of anilines is 1. The number of nitrogens with one attached hydrogen (secondary N) is 2. The second-order valence-electron chi connectivity index (χ2n) is 6.25. The van der Waals surface area contributed by atoms with Gasteiger partial charge in [-0.25, -0.2) is 14.6 Å². The molecular weight excluding hydrogens is 290 g/mol. The van der Waals surface area contributed by atoms with E-state index in [0.717, 1.165) is 5.69 Å². The van der Waals surface area contributed by atoms with Crippen LogP contribution in [0.25, 0.3) is 0 Å². The van der Waals surface area contributed by atoms with Crippen LogP contribution in [0.5, 0.6) is 0 Å². The van der Waals surface area contributed by atoms with Crippen molar-refractivity contribution in [1.82, 2.24) is 10.3 Å². The molecule has 3 N–H and O–H groups in total. The fourth-order valence-electron chi connectivity index (χ4n) is 1.78. The maximum Gasteiger partial charge on any atom is 0.329 e. The topological polar surface area (TPSA) is 91.3 Å². The maximum absolute atomic E-state index is 11.9. The molecule has 21 heavy (non-hydrogen) atoms. The Kier molecular flexibility index (Phi) is 5.33. The summed E-state index contributed by atoms with van der Waals surface area (Å²) in [5.41, 5.74) is -0.481. The zero-order valence-corrected chi connectivity index (χ0v) is 13.9. The van der Waals surface area contributed by atoms with Gasteiger partial charge >= 0.3 is 12.0 Å². The van der Waals surface area contributed by atoms with Crippen molar-refractivity contribution in [3.8, 4) is 0 Å². The maximum atomic E-state index is 11.9. The normalized spacial score (nSPS) is 14.3. The lowest BCUT2D eigenvalue weighted by Crippen LogP contribution is -2.53. The zero-order chi connectivity index (χ0) is 16.3. The van der Waals surface area contributed by atoms with Gasteiger partial charge in [-0.05, 0) is 13.3 Å². The quantitative estimate of drug-likeness (QED) is 0.778. The molecule has 0 spiro atoms. The SMILES string of the molecule is CCCC(C)(NC(=O)Nc1nc(C(C)(C)C)cs1)C(=O)O. The van der Waals surface area contributed by atoms with Crippen molar-refractivity contribution < 1.29 is 14.7 Å². The summed E-state index contributed by atoms with van der Waals surface area (Å²) in [4.78, 5) is 27.6. The number of hydrogen-bond donors (Lipinski definition) is 3. The molecule has 1 aromatic rings. The second kappa shape index (κ2) is 6.43. The first-order chi connectivity index (χ1) is 9.58. The standard InChI is InChI=1S/C14H23N3O3S/c1-6-7-14(5,10(18)19)17-11(20)16-12-15-9(8-21-12)13(2,3)4/h8H,6-7H2,1-5H3,(H,18,19)(H2,15,16,17,20). The molecule has 118 valence electrons. The largest absolute Gasteiger partial charge is 0.480 e. The lowest BCUT2D eigenvalue weighted by molar-refractivity contribution is -0.143. The van der Waals surface area contributed by atoms with Gasteiger partial charge in [-0.15, -0.1) is 11.3 Å². The summed E-state index contributed by atoms with van der Waals surface area (Å²) in [6.45, 7) is 9.48. The van der Waals surface area contributed by atoms with E-state index >= 15 is 0 Å². The number of urea groups is 1. The van der Waals surface area contributed by atoms with Crippen LogP contribution in [0.3, 0.4) is 0 Å². The van der Waals surface area contributed by atoms with Crippen molar-refractivity contribution in [1.29, 1.82) is 0 Å². The Morgan fingerprint density at radius 3 is 2.38 bits per heavy atom. The molecule has 7 heteroatoms. The summed E-state index contributed by atoms with van der Waals surface area (Å²) in [5.74, 6) is -1.05. The zero-order valence-electron chi connectivity index (χ0n) is 13.1. The van der Waals surface area contributed by atoms with Crippen molar-refractivity contribution in [3.05, 3.63) is 11.1 Å². The minimum absolute atomic E-state index is 0.0926. The van der Waals surface area contributed by atoms with E-state index in [9.17, 15) is 14.7 Å². The Hall–Kier alpha value is -1.63. The first-order valence-electron chi connectivity index (χ1n) is 6.87. The van der Waals surface area contributed by atoms with Crippen LogP contribution >= 0.6 is 11.3 Å². The van der Waals surface area contributed by atoms with Gasteiger partial charge in [0.05, 0.1) is 5.69 Å². The van der Waals surface area contributed by atoms with Gasteiger partial charge in [-0.2, -0.15) is 0 Å². The van der Waals surface area contributed by atoms with Gasteiger partial charge in [0.15, 0.2) is 5.13 Å². The average molecular weight is 313 g/mol. The molecule has 0 saturated carbocycles. The van der Waals surface area contributed by atoms with Crippen LogP contribution < -0.4 is 10.6 Å². The fraction of sp³-hybridized carbons (Fsp3) is 0.643. The number of aromatic nitrogens is 1. The Labute approximate surface area is 129 Å². The van der Waals surface area contributed by atoms with Crippen LogP contribution in [0.15, 0.2) is 5.38 Å². The summed E-state index contributed by atoms with van der Waals surface area (Å²) in [7, 11) is 0. The number of carboxylic acid groups (broad SMARTS) is 1. The molecule has 6 nitrogen and oxygen atoms in total. The Morgan fingerprint density at radius 1 is 1.33 bits per heavy atom. The van der Waals surface area contributed by atoms with E-state index in [4.69, 9.17) is 0 Å². The van der Waals surface area contributed by atoms with Crippen molar-refractivity contribution in [2.24, 2.45) is 0 Å². The molecule has 1 aromatic heterocycles. The smallest absolute Gasteiger partial charge is 0.329 e. The number of carbonyl (C=O) groups is 2. The molecular formula is C14H23N3O3S. The number of amides is 2. The molecule has 1 heterocycles. The van der Waals surface area contributed by atoms with E-state index in [0.29, 0.717) is 18.0 Å². The third-order valence-electron chi connectivity index (χ3n) is 3.10. The van der Waals surface area contributed by atoms with E-state index < -0.39 is 17.5 Å². The summed E-state index contributed by atoms with van der Waals surface area (Å²) in [5, 5.41) is 16.7. The molecule has 1 atom stereocenters. The molecule has 0 saturated heterocycles. The predicted molar refractivity (Wildman–Crippen MR) is 83.9 cm³/mol. The number of thiazole rings is 1. The predicted octanol–water partition coefficient (Wildman–Crippen LogP) is 3.21. The van der Waals surface area contributed by atoms with Crippen LogP contribution in [0.2, 0.25) is 0 Å². The highest BCUT2D eigenvalue weighted by molar-refractivity contribution is 7.13. The lowest BCUT2D eigenvalue weighted by Gasteiger charge is -2.25. The van der Waals surface area contributed by atoms with E-state index in [2.05, 4.69) is 15.6 Å². The first kappa shape index (κ1) is 17.4. The molecule has 0 aromatic carbocycles. The van der Waals surface area contributed by atoms with Gasteiger partial charge in [0.1, 0.15) is 5.54 Å². The molecule has 1 rings (SSSR count). The van der Waals surface area contributed by atoms with Crippen LogP contribution in [0, 0.1) is 0 Å². The minimum atomic E-state index is -1.27. The molecule has 0 aliphatic rings. The second-order valence-corrected chi connectivity index (χ2v) is 7.11. The average Bonchev–Trinajstić information content (AvgIpc) is 2.76. The monoisotopic (exact) mass is 313 g/mol. The van der Waals surface area contributed by atoms with E-state index in [-0.39, 0.29) is 5.41 Å². The number of carbonyl (C=O) groups excluding carboxylic acids is 1. The molecule has 0 bridgehead atoms. The highest BCUT2D eigenvalue weighted by Crippen LogP contribution is 2.26. The summed E-state index contributed by atoms with van der Waals surface area (Å²) >= 11 is 1.32. The molecule has 1 unspecified atom stereocenters. The molecule has 0 radical (unpaired) electrons. The van der Waals surface area contributed by atoms with Crippen LogP contribution in [0.1, 0.15) is 53.2 Å². The van der Waals surface area contributed by atoms with Crippen LogP contribution in [0.4, 0.5) is 9.93 Å². The van der Waals surface area contributed by atoms with E-state index in [1.807, 2.05) is 33.1 Å². The van der Waals surface area contributed by atoms with E-state index in [1.165, 1.54) is 18.3 Å². The number of rotatable bonds is 5. The molecule has 0 aliphatic carbocycles. The molecule has 2 amide bonds. The Balaban J connectivity index is 2.73. The highest BCUT2D eigenvalue weighted by atomic mass is 32.1. The number of aliphatic carboxylic acids is 1. The Morgan fingerprint density at radius 2 is 1.95 bits per heavy atom. The molecule has 0 aliphatic heterocycles. The third-order valence-corrected chi connectivity index (χ3v) is 3.86. The third kappa shape index (κ3) is 4.70. The van der Waals surface area contributed by atoms with E-state index in [1.54, 1.807) is 0 Å². The van der Waals surface area contributed by atoms with Gasteiger partial charge in [0.25, 0.3) is 0 Å². The summed E-state index contributed by atoms with van der Waals surface area (Å²) in [6.07, 6.45) is 1.02. The van der Waals surface area contributed by atoms with Gasteiger partial charge in [0, 0.05) is 10.8 Å². The molecule has 0 fully saturated rings. The van der Waals surface area contributed by atoms with Crippen molar-refractivity contribution >= 4 is 28.5 Å². The van der Waals surface area contributed by atoms with Gasteiger partial charge < -0.3 is 10.4 Å². The van der Waals surface area contributed by atoms with Gasteiger partial charge in [0.2, 0.25) is 0 Å². The number of hydrogen-bond acceptors (Lipinski definition) is 4. The van der Waals surface area contributed by atoms with Gasteiger partial charge in [-0.3, -0.25) is 5.32 Å². The highest BCUT2D eigenvalue weighted by Gasteiger charge is 2.34. The van der Waals surface area contributed by atoms with Crippen LogP contribution in [-0.2, 0) is 10.2 Å². The summed E-state index contributed by atoms with van der Waals surface area (Å²) < 4.78 is 0. The first-order valence-corrected chi connectivity index (χ1v) is 7.75. The number of nitrogens with zero attached hydrogens (tertiary/aromatic N) is 1. The Bertz CT molecular complexity index is 522. The van der Waals surface area contributed by atoms with Gasteiger partial charge in [-0.1, -0.05) is 34.1 Å². The van der Waals surface area contributed by atoms with Crippen molar-refractivity contribution in [2.45, 2.75) is 58.4 Å². The number of carboxylic acids is 1.